The first-order chi connectivity index (χ1) is 26.6. The fourth-order valence-electron chi connectivity index (χ4n) is 6.37. The highest BCUT2D eigenvalue weighted by molar-refractivity contribution is 6.35. The molecule has 2 heterocycles. The molecule has 0 aliphatic carbocycles. The second kappa shape index (κ2) is 19.1. The molecule has 0 unspecified atom stereocenters. The van der Waals surface area contributed by atoms with Crippen LogP contribution in [0.1, 0.15) is 73.9 Å². The van der Waals surface area contributed by atoms with Crippen LogP contribution in [0.15, 0.2) is 131 Å². The van der Waals surface area contributed by atoms with Gasteiger partial charge in [-0.25, -0.2) is 0 Å². The van der Waals surface area contributed by atoms with Crippen LogP contribution in [0.2, 0.25) is 10.0 Å². The zero-order valence-corrected chi connectivity index (χ0v) is 33.8. The summed E-state index contributed by atoms with van der Waals surface area (Å²) in [5.41, 5.74) is 11.9. The predicted molar refractivity (Wildman–Crippen MR) is 235 cm³/mol. The number of benzene rings is 5. The van der Waals surface area contributed by atoms with E-state index in [0.29, 0.717) is 10.0 Å². The molecule has 5 aromatic rings. The maximum atomic E-state index is 6.26. The van der Waals surface area contributed by atoms with Gasteiger partial charge in [0.05, 0.1) is 24.6 Å². The summed E-state index contributed by atoms with van der Waals surface area (Å²) in [7, 11) is 0. The molecule has 4 nitrogen and oxygen atoms in total. The Morgan fingerprint density at radius 2 is 1.20 bits per heavy atom. The molecule has 7 rings (SSSR count). The van der Waals surface area contributed by atoms with Crippen molar-refractivity contribution in [1.29, 1.82) is 0 Å². The molecule has 2 aliphatic rings. The topological polar surface area (TPSA) is 43.2 Å². The monoisotopic (exact) mass is 768 g/mol. The van der Waals surface area contributed by atoms with Gasteiger partial charge in [-0.15, -0.1) is 0 Å². The minimum Gasteiger partial charge on any atom is -0.494 e. The Morgan fingerprint density at radius 3 is 1.78 bits per heavy atom. The largest absolute Gasteiger partial charge is 0.494 e. The average molecular weight is 770 g/mol. The van der Waals surface area contributed by atoms with E-state index in [9.17, 15) is 0 Å². The van der Waals surface area contributed by atoms with E-state index in [-0.39, 0.29) is 5.41 Å². The Morgan fingerprint density at radius 1 is 0.618 bits per heavy atom. The third-order valence-corrected chi connectivity index (χ3v) is 10.0. The lowest BCUT2D eigenvalue weighted by molar-refractivity contribution is 0.243. The first-order valence-corrected chi connectivity index (χ1v) is 20.0. The van der Waals surface area contributed by atoms with E-state index in [1.165, 1.54) is 33.4 Å². The number of rotatable bonds is 11. The van der Waals surface area contributed by atoms with Crippen molar-refractivity contribution < 1.29 is 9.47 Å². The fourth-order valence-corrected chi connectivity index (χ4v) is 6.85. The molecule has 5 aromatic carbocycles. The van der Waals surface area contributed by atoms with Gasteiger partial charge in [-0.1, -0.05) is 124 Å². The van der Waals surface area contributed by atoms with E-state index in [2.05, 4.69) is 124 Å². The summed E-state index contributed by atoms with van der Waals surface area (Å²) in [4.78, 5) is 9.41. The van der Waals surface area contributed by atoms with E-state index >= 15 is 0 Å². The number of hydrogen-bond donors (Lipinski definition) is 0. The first kappa shape index (κ1) is 39.8. The summed E-state index contributed by atoms with van der Waals surface area (Å²) >= 11 is 12.2. The van der Waals surface area contributed by atoms with E-state index < -0.39 is 0 Å². The van der Waals surface area contributed by atoms with Gasteiger partial charge in [0.15, 0.2) is 0 Å². The fraction of sp³-hybridized carbons (Fsp3) is 0.265. The summed E-state index contributed by atoms with van der Waals surface area (Å²) in [5, 5.41) is 1.27. The summed E-state index contributed by atoms with van der Waals surface area (Å²) in [6.07, 6.45) is 12.2. The Balaban J connectivity index is 0.000000187. The van der Waals surface area contributed by atoms with Crippen molar-refractivity contribution in [2.75, 3.05) is 26.3 Å². The van der Waals surface area contributed by atoms with Crippen LogP contribution in [-0.2, 0) is 12.8 Å². The quantitative estimate of drug-likeness (QED) is 0.134. The molecule has 0 radical (unpaired) electrons. The van der Waals surface area contributed by atoms with E-state index in [0.717, 1.165) is 86.0 Å². The summed E-state index contributed by atoms with van der Waals surface area (Å²) in [6.45, 7) is 11.9. The van der Waals surface area contributed by atoms with Crippen molar-refractivity contribution in [2.45, 2.75) is 53.4 Å². The van der Waals surface area contributed by atoms with Gasteiger partial charge in [0.2, 0.25) is 0 Å². The number of halogens is 2. The van der Waals surface area contributed by atoms with Gasteiger partial charge in [0.1, 0.15) is 11.5 Å². The SMILES string of the molecule is CC(C)(C)CCOc1ccc2c(c1)CCN=C2C=Cc1ccc(Cl)cc1Cl.CCCOc1ccc2c(c1)CCN=C2C=Cc1ccc(-c2ccccc2)cc1. The molecular weight excluding hydrogens is 719 g/mol. The molecule has 282 valence electrons. The highest BCUT2D eigenvalue weighted by Gasteiger charge is 2.15. The summed E-state index contributed by atoms with van der Waals surface area (Å²) < 4.78 is 11.7. The molecule has 0 fully saturated rings. The minimum absolute atomic E-state index is 0.280. The van der Waals surface area contributed by atoms with Crippen LogP contribution in [0, 0.1) is 5.41 Å². The Hall–Kier alpha value is -4.90. The molecule has 0 aromatic heterocycles. The maximum Gasteiger partial charge on any atom is 0.119 e. The smallest absolute Gasteiger partial charge is 0.119 e. The Kier molecular flexibility index (Phi) is 13.8. The highest BCUT2D eigenvalue weighted by atomic mass is 35.5. The summed E-state index contributed by atoms with van der Waals surface area (Å²) in [6, 6.07) is 37.3. The van der Waals surface area contributed by atoms with Crippen LogP contribution in [0.25, 0.3) is 23.3 Å². The molecule has 0 atom stereocenters. The molecule has 2 aliphatic heterocycles. The van der Waals surface area contributed by atoms with Crippen molar-refractivity contribution in [3.05, 3.63) is 165 Å². The Bertz CT molecular complexity index is 2180. The van der Waals surface area contributed by atoms with E-state index in [1.54, 1.807) is 6.07 Å². The standard InChI is InChI=1S/C26H25NO.C23H25Cl2NO/c1-2-18-28-24-13-14-25-23(19-24)16-17-27-26(25)15-10-20-8-11-22(12-9-20)21-6-4-3-5-7-21;1-23(2,3)11-13-27-19-7-8-20-17(14-19)10-12-26-22(20)9-5-16-4-6-18(24)15-21(16)25/h3-15,19H,2,16-18H2,1H3;4-9,14-15H,10-13H2,1-3H3. The van der Waals surface area contributed by atoms with Gasteiger partial charge in [0.25, 0.3) is 0 Å². The molecular formula is C49H50Cl2N2O2. The number of fused-ring (bicyclic) bond motifs is 2. The predicted octanol–water partition coefficient (Wildman–Crippen LogP) is 13.1. The van der Waals surface area contributed by atoms with Gasteiger partial charge >= 0.3 is 0 Å². The van der Waals surface area contributed by atoms with Crippen molar-refractivity contribution in [3.8, 4) is 22.6 Å². The van der Waals surface area contributed by atoms with Gasteiger partial charge in [0, 0.05) is 34.3 Å². The second-order valence-corrected chi connectivity index (χ2v) is 15.8. The molecule has 0 saturated carbocycles. The lowest BCUT2D eigenvalue weighted by atomic mass is 9.93. The summed E-state index contributed by atoms with van der Waals surface area (Å²) in [5.74, 6) is 1.89. The molecule has 0 N–H and O–H groups in total. The van der Waals surface area contributed by atoms with Gasteiger partial charge in [-0.2, -0.15) is 0 Å². The lowest BCUT2D eigenvalue weighted by Crippen LogP contribution is -2.13. The van der Waals surface area contributed by atoms with Crippen molar-refractivity contribution in [2.24, 2.45) is 15.4 Å². The number of nitrogens with zero attached hydrogens (tertiary/aromatic N) is 2. The van der Waals surface area contributed by atoms with Gasteiger partial charge < -0.3 is 9.47 Å². The van der Waals surface area contributed by atoms with Crippen LogP contribution in [0.4, 0.5) is 0 Å². The molecule has 6 heteroatoms. The van der Waals surface area contributed by atoms with Gasteiger partial charge in [-0.05, 0) is 125 Å². The van der Waals surface area contributed by atoms with Crippen LogP contribution >= 0.6 is 23.2 Å². The number of aliphatic imine (C=N–C) groups is 2. The van der Waals surface area contributed by atoms with Crippen LogP contribution in [-0.4, -0.2) is 37.7 Å². The van der Waals surface area contributed by atoms with Crippen LogP contribution in [0.3, 0.4) is 0 Å². The molecule has 0 spiro atoms. The molecule has 0 bridgehead atoms. The maximum absolute atomic E-state index is 6.26. The molecule has 0 saturated heterocycles. The normalized spacial score (nSPS) is 13.7. The third-order valence-electron chi connectivity index (χ3n) is 9.46. The van der Waals surface area contributed by atoms with Crippen molar-refractivity contribution >= 4 is 46.8 Å². The average Bonchev–Trinajstić information content (AvgIpc) is 3.19. The van der Waals surface area contributed by atoms with E-state index in [1.807, 2.05) is 36.4 Å². The van der Waals surface area contributed by atoms with Crippen molar-refractivity contribution in [3.63, 3.8) is 0 Å². The number of allylic oxidation sites excluding steroid dienone is 2. The molecule has 0 amide bonds. The van der Waals surface area contributed by atoms with Crippen LogP contribution in [0.5, 0.6) is 11.5 Å². The second-order valence-electron chi connectivity index (χ2n) is 15.0. The molecule has 55 heavy (non-hydrogen) atoms. The first-order valence-electron chi connectivity index (χ1n) is 19.2. The van der Waals surface area contributed by atoms with Crippen molar-refractivity contribution in [1.82, 2.24) is 0 Å². The van der Waals surface area contributed by atoms with Crippen LogP contribution < -0.4 is 9.47 Å². The highest BCUT2D eigenvalue weighted by Crippen LogP contribution is 2.27. The zero-order chi connectivity index (χ0) is 38.6. The Labute approximate surface area is 337 Å². The minimum atomic E-state index is 0.280. The number of ether oxygens (including phenoxy) is 2. The van der Waals surface area contributed by atoms with E-state index in [4.69, 9.17) is 37.7 Å². The zero-order valence-electron chi connectivity index (χ0n) is 32.3. The lowest BCUT2D eigenvalue weighted by Gasteiger charge is -2.19. The third kappa shape index (κ3) is 11.6. The number of hydrogen-bond acceptors (Lipinski definition) is 4. The van der Waals surface area contributed by atoms with Gasteiger partial charge in [-0.3, -0.25) is 9.98 Å².